The van der Waals surface area contributed by atoms with Gasteiger partial charge in [-0.05, 0) is 6.42 Å². The molecule has 0 aliphatic heterocycles. The number of rotatable bonds is 4. The molecule has 0 fully saturated rings. The predicted octanol–water partition coefficient (Wildman–Crippen LogP) is 1.81. The van der Waals surface area contributed by atoms with Crippen LogP contribution in [0.4, 0.5) is 5.82 Å². The first-order chi connectivity index (χ1) is 8.93. The van der Waals surface area contributed by atoms with E-state index in [9.17, 15) is 0 Å². The quantitative estimate of drug-likeness (QED) is 0.912. The van der Waals surface area contributed by atoms with Crippen LogP contribution in [-0.4, -0.2) is 24.5 Å². The zero-order chi connectivity index (χ0) is 14.0. The standard InChI is InChI=1S/C13H22N6/c1-5-6-18-9-15-7-10(18)8-19-11(13(2,3)4)12(14)16-17-19/h7,9H,5-6,8,14H2,1-4H3. The van der Waals surface area contributed by atoms with Gasteiger partial charge < -0.3 is 10.3 Å². The van der Waals surface area contributed by atoms with Gasteiger partial charge in [-0.2, -0.15) is 0 Å². The Morgan fingerprint density at radius 2 is 2.05 bits per heavy atom. The lowest BCUT2D eigenvalue weighted by molar-refractivity contribution is 0.491. The molecule has 0 radical (unpaired) electrons. The highest BCUT2D eigenvalue weighted by Crippen LogP contribution is 2.26. The molecule has 2 aromatic rings. The van der Waals surface area contributed by atoms with Crippen molar-refractivity contribution in [1.82, 2.24) is 24.5 Å². The van der Waals surface area contributed by atoms with E-state index in [-0.39, 0.29) is 5.41 Å². The smallest absolute Gasteiger partial charge is 0.169 e. The molecule has 19 heavy (non-hydrogen) atoms. The van der Waals surface area contributed by atoms with Gasteiger partial charge in [0, 0.05) is 12.0 Å². The van der Waals surface area contributed by atoms with Crippen molar-refractivity contribution < 1.29 is 0 Å². The Kier molecular flexibility index (Phi) is 3.59. The summed E-state index contributed by atoms with van der Waals surface area (Å²) in [5.74, 6) is 0.508. The normalized spacial score (nSPS) is 12.0. The van der Waals surface area contributed by atoms with E-state index in [0.717, 1.165) is 24.4 Å². The van der Waals surface area contributed by atoms with Crippen molar-refractivity contribution >= 4 is 5.82 Å². The fourth-order valence-electron chi connectivity index (χ4n) is 2.28. The molecule has 0 atom stereocenters. The number of imidazole rings is 1. The van der Waals surface area contributed by atoms with Gasteiger partial charge in [0.15, 0.2) is 5.82 Å². The second kappa shape index (κ2) is 5.03. The average Bonchev–Trinajstić information content (AvgIpc) is 2.87. The first-order valence-corrected chi connectivity index (χ1v) is 6.62. The van der Waals surface area contributed by atoms with Crippen molar-refractivity contribution in [1.29, 1.82) is 0 Å². The summed E-state index contributed by atoms with van der Waals surface area (Å²) in [6.45, 7) is 10.1. The summed E-state index contributed by atoms with van der Waals surface area (Å²) in [4.78, 5) is 4.21. The first-order valence-electron chi connectivity index (χ1n) is 6.62. The van der Waals surface area contributed by atoms with Crippen molar-refractivity contribution in [2.24, 2.45) is 0 Å². The highest BCUT2D eigenvalue weighted by molar-refractivity contribution is 5.38. The third-order valence-corrected chi connectivity index (χ3v) is 3.05. The van der Waals surface area contributed by atoms with Crippen LogP contribution >= 0.6 is 0 Å². The predicted molar refractivity (Wildman–Crippen MR) is 74.8 cm³/mol. The molecule has 6 nitrogen and oxygen atoms in total. The molecule has 0 saturated heterocycles. The first kappa shape index (κ1) is 13.6. The van der Waals surface area contributed by atoms with Crippen LogP contribution < -0.4 is 5.73 Å². The molecular weight excluding hydrogens is 240 g/mol. The van der Waals surface area contributed by atoms with Crippen LogP contribution in [0, 0.1) is 0 Å². The number of nitrogens with two attached hydrogens (primary N) is 1. The average molecular weight is 262 g/mol. The van der Waals surface area contributed by atoms with Gasteiger partial charge in [-0.25, -0.2) is 9.67 Å². The molecular formula is C13H22N6. The number of aryl methyl sites for hydroxylation is 1. The fourth-order valence-corrected chi connectivity index (χ4v) is 2.28. The molecule has 0 unspecified atom stereocenters. The topological polar surface area (TPSA) is 74.5 Å². The molecule has 2 aromatic heterocycles. The molecule has 0 aliphatic rings. The van der Waals surface area contributed by atoms with Gasteiger partial charge >= 0.3 is 0 Å². The number of hydrogen-bond donors (Lipinski definition) is 1. The highest BCUT2D eigenvalue weighted by Gasteiger charge is 2.24. The monoisotopic (exact) mass is 262 g/mol. The molecule has 0 aliphatic carbocycles. The minimum absolute atomic E-state index is 0.0802. The molecule has 2 N–H and O–H groups in total. The summed E-state index contributed by atoms with van der Waals surface area (Å²) in [7, 11) is 0. The Morgan fingerprint density at radius 1 is 1.32 bits per heavy atom. The summed E-state index contributed by atoms with van der Waals surface area (Å²) in [6.07, 6.45) is 4.81. The van der Waals surface area contributed by atoms with E-state index in [0.29, 0.717) is 12.4 Å². The summed E-state index contributed by atoms with van der Waals surface area (Å²) in [5, 5.41) is 8.16. The van der Waals surface area contributed by atoms with Gasteiger partial charge in [0.25, 0.3) is 0 Å². The third kappa shape index (κ3) is 2.77. The van der Waals surface area contributed by atoms with Crippen LogP contribution in [0.25, 0.3) is 0 Å². The van der Waals surface area contributed by atoms with Crippen LogP contribution in [0.5, 0.6) is 0 Å². The molecule has 0 saturated carbocycles. The van der Waals surface area contributed by atoms with Gasteiger partial charge in [-0.15, -0.1) is 5.10 Å². The second-order valence-electron chi connectivity index (χ2n) is 5.81. The Balaban J connectivity index is 2.31. The van der Waals surface area contributed by atoms with Gasteiger partial charge in [-0.1, -0.05) is 32.9 Å². The van der Waals surface area contributed by atoms with Gasteiger partial charge in [0.1, 0.15) is 0 Å². The minimum Gasteiger partial charge on any atom is -0.381 e. The Labute approximate surface area is 113 Å². The summed E-state index contributed by atoms with van der Waals surface area (Å²) < 4.78 is 4.02. The van der Waals surface area contributed by atoms with Crippen LogP contribution in [0.15, 0.2) is 12.5 Å². The summed E-state index contributed by atoms with van der Waals surface area (Å²) in [6, 6.07) is 0. The summed E-state index contributed by atoms with van der Waals surface area (Å²) in [5.41, 5.74) is 7.95. The lowest BCUT2D eigenvalue weighted by Gasteiger charge is -2.20. The third-order valence-electron chi connectivity index (χ3n) is 3.05. The fraction of sp³-hybridized carbons (Fsp3) is 0.615. The molecule has 0 bridgehead atoms. The molecule has 0 spiro atoms. The van der Waals surface area contributed by atoms with Gasteiger partial charge in [0.05, 0.1) is 30.5 Å². The molecule has 2 heterocycles. The van der Waals surface area contributed by atoms with Crippen molar-refractivity contribution in [2.45, 2.75) is 52.6 Å². The molecule has 0 aromatic carbocycles. The molecule has 6 heteroatoms. The maximum atomic E-state index is 5.94. The Morgan fingerprint density at radius 3 is 2.68 bits per heavy atom. The van der Waals surface area contributed by atoms with Crippen molar-refractivity contribution in [2.75, 3.05) is 5.73 Å². The van der Waals surface area contributed by atoms with Gasteiger partial charge in [-0.3, -0.25) is 0 Å². The van der Waals surface area contributed by atoms with E-state index >= 15 is 0 Å². The Bertz CT molecular complexity index is 546. The van der Waals surface area contributed by atoms with E-state index in [1.54, 1.807) is 0 Å². The largest absolute Gasteiger partial charge is 0.381 e. The molecule has 0 amide bonds. The highest BCUT2D eigenvalue weighted by atomic mass is 15.4. The number of hydrogen-bond acceptors (Lipinski definition) is 4. The zero-order valence-corrected chi connectivity index (χ0v) is 12.1. The molecule has 104 valence electrons. The van der Waals surface area contributed by atoms with Crippen LogP contribution in [0.1, 0.15) is 45.5 Å². The van der Waals surface area contributed by atoms with E-state index in [1.807, 2.05) is 17.2 Å². The van der Waals surface area contributed by atoms with E-state index in [1.165, 1.54) is 0 Å². The molecule has 2 rings (SSSR count). The lowest BCUT2D eigenvalue weighted by Crippen LogP contribution is -2.21. The zero-order valence-electron chi connectivity index (χ0n) is 12.1. The summed E-state index contributed by atoms with van der Waals surface area (Å²) >= 11 is 0. The van der Waals surface area contributed by atoms with Gasteiger partial charge in [0.2, 0.25) is 0 Å². The van der Waals surface area contributed by atoms with Crippen molar-refractivity contribution in [3.05, 3.63) is 23.9 Å². The number of aromatic nitrogens is 5. The van der Waals surface area contributed by atoms with Crippen LogP contribution in [0.2, 0.25) is 0 Å². The Hall–Kier alpha value is -1.85. The van der Waals surface area contributed by atoms with Crippen molar-refractivity contribution in [3.8, 4) is 0 Å². The maximum Gasteiger partial charge on any atom is 0.169 e. The second-order valence-corrected chi connectivity index (χ2v) is 5.81. The number of anilines is 1. The maximum absolute atomic E-state index is 5.94. The van der Waals surface area contributed by atoms with Crippen molar-refractivity contribution in [3.63, 3.8) is 0 Å². The minimum atomic E-state index is -0.0802. The lowest BCUT2D eigenvalue weighted by atomic mass is 9.92. The number of nitrogen functional groups attached to an aromatic ring is 1. The van der Waals surface area contributed by atoms with E-state index < -0.39 is 0 Å². The van der Waals surface area contributed by atoms with E-state index in [4.69, 9.17) is 5.73 Å². The van der Waals surface area contributed by atoms with Crippen LogP contribution in [-0.2, 0) is 18.5 Å². The SMILES string of the molecule is CCCn1cncc1Cn1nnc(N)c1C(C)(C)C. The van der Waals surface area contributed by atoms with Crippen LogP contribution in [0.3, 0.4) is 0 Å². The van der Waals surface area contributed by atoms with E-state index in [2.05, 4.69) is 47.6 Å². The number of nitrogens with zero attached hydrogens (tertiary/aromatic N) is 5.